The molecule has 0 saturated heterocycles. The molecule has 0 aliphatic rings. The Morgan fingerprint density at radius 1 is 1.13 bits per heavy atom. The van der Waals surface area contributed by atoms with Crippen LogP contribution in [0.3, 0.4) is 0 Å². The summed E-state index contributed by atoms with van der Waals surface area (Å²) in [7, 11) is 0. The van der Waals surface area contributed by atoms with E-state index in [1.54, 1.807) is 0 Å². The van der Waals surface area contributed by atoms with Crippen LogP contribution in [0.15, 0.2) is 40.9 Å². The third-order valence-electron chi connectivity index (χ3n) is 3.61. The molecule has 0 amide bonds. The molecule has 0 aromatic heterocycles. The van der Waals surface area contributed by atoms with Crippen LogP contribution < -0.4 is 9.47 Å². The Bertz CT molecular complexity index is 698. The van der Waals surface area contributed by atoms with E-state index in [9.17, 15) is 0 Å². The Balaban J connectivity index is 2.18. The molecule has 0 N–H and O–H groups in total. The van der Waals surface area contributed by atoms with Gasteiger partial charge in [-0.25, -0.2) is 0 Å². The van der Waals surface area contributed by atoms with E-state index in [4.69, 9.17) is 21.7 Å². The van der Waals surface area contributed by atoms with E-state index in [0.717, 1.165) is 33.5 Å². The molecule has 0 atom stereocenters. The first kappa shape index (κ1) is 18.0. The second kappa shape index (κ2) is 8.46. The van der Waals surface area contributed by atoms with E-state index in [1.165, 1.54) is 5.56 Å². The highest BCUT2D eigenvalue weighted by Gasteiger charge is 2.11. The van der Waals surface area contributed by atoms with Gasteiger partial charge in [0.2, 0.25) is 0 Å². The van der Waals surface area contributed by atoms with Crippen molar-refractivity contribution in [3.05, 3.63) is 57.6 Å². The molecule has 0 fully saturated rings. The van der Waals surface area contributed by atoms with Gasteiger partial charge in [-0.15, -0.1) is 0 Å². The number of rotatable bonds is 6. The van der Waals surface area contributed by atoms with Crippen LogP contribution in [0.1, 0.15) is 37.0 Å². The summed E-state index contributed by atoms with van der Waals surface area (Å²) in [6.07, 6.45) is 1.73. The van der Waals surface area contributed by atoms with Crippen molar-refractivity contribution >= 4 is 33.2 Å². The molecule has 4 heteroatoms. The van der Waals surface area contributed by atoms with Crippen molar-refractivity contribution in [2.45, 2.75) is 40.2 Å². The van der Waals surface area contributed by atoms with E-state index >= 15 is 0 Å². The van der Waals surface area contributed by atoms with Crippen LogP contribution in [-0.4, -0.2) is 5.05 Å². The van der Waals surface area contributed by atoms with Crippen LogP contribution >= 0.6 is 28.1 Å². The molecule has 23 heavy (non-hydrogen) atoms. The standard InChI is InChI=1S/C19H21BrO2S/c1-4-14-9-10-17(13(3)11-14)21-12-15-16(20)7-6-8-18(15)22-19(23)5-2/h6-11H,4-5,12H2,1-3H3. The molecule has 2 nitrogen and oxygen atoms in total. The summed E-state index contributed by atoms with van der Waals surface area (Å²) in [5, 5.41) is 0.577. The smallest absolute Gasteiger partial charge is 0.167 e. The third kappa shape index (κ3) is 4.79. The summed E-state index contributed by atoms with van der Waals surface area (Å²) < 4.78 is 12.7. The fraction of sp³-hybridized carbons (Fsp3) is 0.316. The minimum absolute atomic E-state index is 0.426. The van der Waals surface area contributed by atoms with E-state index in [-0.39, 0.29) is 0 Å². The van der Waals surface area contributed by atoms with Crippen molar-refractivity contribution in [2.75, 3.05) is 0 Å². The largest absolute Gasteiger partial charge is 0.488 e. The summed E-state index contributed by atoms with van der Waals surface area (Å²) in [4.78, 5) is 0. The average molecular weight is 393 g/mol. The molecule has 2 rings (SSSR count). The van der Waals surface area contributed by atoms with E-state index in [0.29, 0.717) is 18.1 Å². The van der Waals surface area contributed by atoms with Gasteiger partial charge in [0.15, 0.2) is 5.05 Å². The Morgan fingerprint density at radius 3 is 2.57 bits per heavy atom. The fourth-order valence-electron chi connectivity index (χ4n) is 2.21. The quantitative estimate of drug-likeness (QED) is 0.560. The summed E-state index contributed by atoms with van der Waals surface area (Å²) in [6.45, 7) is 6.62. The van der Waals surface area contributed by atoms with Crippen molar-refractivity contribution in [1.29, 1.82) is 0 Å². The van der Waals surface area contributed by atoms with Crippen LogP contribution in [0.4, 0.5) is 0 Å². The van der Waals surface area contributed by atoms with Crippen molar-refractivity contribution in [1.82, 2.24) is 0 Å². The number of hydrogen-bond acceptors (Lipinski definition) is 3. The molecule has 0 bridgehead atoms. The summed E-state index contributed by atoms with van der Waals surface area (Å²) in [5.41, 5.74) is 3.42. The number of thiocarbonyl (C=S) groups is 1. The first-order valence-electron chi connectivity index (χ1n) is 7.75. The first-order chi connectivity index (χ1) is 11.0. The average Bonchev–Trinajstić information content (AvgIpc) is 2.55. The maximum absolute atomic E-state index is 6.01. The normalized spacial score (nSPS) is 10.4. The van der Waals surface area contributed by atoms with Crippen LogP contribution in [0.5, 0.6) is 11.5 Å². The van der Waals surface area contributed by atoms with Gasteiger partial charge in [-0.05, 0) is 54.9 Å². The molecule has 0 aliphatic carbocycles. The Morgan fingerprint density at radius 2 is 1.91 bits per heavy atom. The summed E-state index contributed by atoms with van der Waals surface area (Å²) >= 11 is 8.76. The SMILES string of the molecule is CCC(=S)Oc1cccc(Br)c1COc1ccc(CC)cc1C. The van der Waals surface area contributed by atoms with Gasteiger partial charge >= 0.3 is 0 Å². The minimum Gasteiger partial charge on any atom is -0.488 e. The van der Waals surface area contributed by atoms with Gasteiger partial charge in [0.1, 0.15) is 18.1 Å². The molecule has 2 aromatic carbocycles. The first-order valence-corrected chi connectivity index (χ1v) is 8.95. The molecule has 0 spiro atoms. The summed E-state index contributed by atoms with van der Waals surface area (Å²) in [6, 6.07) is 12.1. The molecule has 0 radical (unpaired) electrons. The maximum atomic E-state index is 6.01. The molecule has 0 unspecified atom stereocenters. The van der Waals surface area contributed by atoms with Crippen LogP contribution in [0.25, 0.3) is 0 Å². The lowest BCUT2D eigenvalue weighted by molar-refractivity contribution is 0.299. The molecular formula is C19H21BrO2S. The predicted octanol–water partition coefficient (Wildman–Crippen LogP) is 6.02. The number of halogens is 1. The van der Waals surface area contributed by atoms with E-state index in [1.807, 2.05) is 31.2 Å². The van der Waals surface area contributed by atoms with Gasteiger partial charge in [-0.2, -0.15) is 0 Å². The van der Waals surface area contributed by atoms with Crippen molar-refractivity contribution < 1.29 is 9.47 Å². The number of ether oxygens (including phenoxy) is 2. The summed E-state index contributed by atoms with van der Waals surface area (Å²) in [5.74, 6) is 1.64. The monoisotopic (exact) mass is 392 g/mol. The van der Waals surface area contributed by atoms with Crippen molar-refractivity contribution in [3.63, 3.8) is 0 Å². The number of benzene rings is 2. The van der Waals surface area contributed by atoms with Crippen molar-refractivity contribution in [2.24, 2.45) is 0 Å². The Hall–Kier alpha value is -1.39. The lowest BCUT2D eigenvalue weighted by atomic mass is 10.1. The second-order valence-electron chi connectivity index (χ2n) is 5.29. The lowest BCUT2D eigenvalue weighted by Gasteiger charge is -2.15. The Labute approximate surface area is 151 Å². The molecule has 0 aliphatic heterocycles. The van der Waals surface area contributed by atoms with Crippen LogP contribution in [0.2, 0.25) is 0 Å². The fourth-order valence-corrected chi connectivity index (χ4v) is 2.76. The van der Waals surface area contributed by atoms with Crippen LogP contribution in [-0.2, 0) is 13.0 Å². The maximum Gasteiger partial charge on any atom is 0.167 e. The zero-order valence-electron chi connectivity index (χ0n) is 13.7. The van der Waals surface area contributed by atoms with Gasteiger partial charge < -0.3 is 9.47 Å². The third-order valence-corrected chi connectivity index (χ3v) is 4.72. The van der Waals surface area contributed by atoms with Gasteiger partial charge in [0.25, 0.3) is 0 Å². The van der Waals surface area contributed by atoms with E-state index < -0.39 is 0 Å². The molecular weight excluding hydrogens is 372 g/mol. The van der Waals surface area contributed by atoms with E-state index in [2.05, 4.69) is 41.9 Å². The lowest BCUT2D eigenvalue weighted by Crippen LogP contribution is -2.07. The predicted molar refractivity (Wildman–Crippen MR) is 103 cm³/mol. The van der Waals surface area contributed by atoms with Gasteiger partial charge in [0.05, 0.1) is 0 Å². The van der Waals surface area contributed by atoms with Gasteiger partial charge in [-0.3, -0.25) is 0 Å². The van der Waals surface area contributed by atoms with Crippen LogP contribution in [0, 0.1) is 6.92 Å². The highest BCUT2D eigenvalue weighted by atomic mass is 79.9. The zero-order chi connectivity index (χ0) is 16.8. The minimum atomic E-state index is 0.426. The number of aryl methyl sites for hydroxylation is 2. The molecule has 122 valence electrons. The van der Waals surface area contributed by atoms with Gasteiger partial charge in [0, 0.05) is 16.5 Å². The Kier molecular flexibility index (Phi) is 6.60. The second-order valence-corrected chi connectivity index (χ2v) is 6.60. The highest BCUT2D eigenvalue weighted by Crippen LogP contribution is 2.29. The molecule has 0 heterocycles. The van der Waals surface area contributed by atoms with Crippen molar-refractivity contribution in [3.8, 4) is 11.5 Å². The zero-order valence-corrected chi connectivity index (χ0v) is 16.1. The topological polar surface area (TPSA) is 18.5 Å². The highest BCUT2D eigenvalue weighted by molar-refractivity contribution is 9.10. The number of hydrogen-bond donors (Lipinski definition) is 0. The molecule has 2 aromatic rings. The van der Waals surface area contributed by atoms with Gasteiger partial charge in [-0.1, -0.05) is 48.0 Å². The molecule has 0 saturated carbocycles.